The topological polar surface area (TPSA) is 18.5 Å². The second-order valence-electron chi connectivity index (χ2n) is 2.84. The maximum absolute atomic E-state index is 5.01. The van der Waals surface area contributed by atoms with Crippen LogP contribution in [-0.4, -0.2) is 20.3 Å². The van der Waals surface area contributed by atoms with E-state index in [1.54, 1.807) is 7.11 Å². The Balaban J connectivity index is 0.000000272. The van der Waals surface area contributed by atoms with Crippen molar-refractivity contribution < 1.29 is 9.47 Å². The molecule has 0 spiro atoms. The summed E-state index contributed by atoms with van der Waals surface area (Å²) in [5, 5.41) is 0. The molecule has 16 heavy (non-hydrogen) atoms. The number of hydrogen-bond donors (Lipinski definition) is 0. The third-order valence-corrected chi connectivity index (χ3v) is 1.79. The van der Waals surface area contributed by atoms with E-state index in [-0.39, 0.29) is 0 Å². The average molecular weight is 222 g/mol. The smallest absolute Gasteiger partial charge is 0.115 e. The molecule has 0 unspecified atom stereocenters. The van der Waals surface area contributed by atoms with E-state index in [4.69, 9.17) is 9.47 Å². The number of methoxy groups -OCH3 is 1. The molecule has 1 aliphatic heterocycles. The molecular formula is C14H22O2. The van der Waals surface area contributed by atoms with E-state index in [9.17, 15) is 0 Å². The number of ether oxygens (including phenoxy) is 2. The third kappa shape index (κ3) is 8.06. The zero-order valence-electron chi connectivity index (χ0n) is 10.5. The highest BCUT2D eigenvalue weighted by molar-refractivity contribution is 5.21. The second-order valence-corrected chi connectivity index (χ2v) is 2.84. The molecule has 0 atom stereocenters. The third-order valence-electron chi connectivity index (χ3n) is 1.79. The molecule has 0 aromatic heterocycles. The lowest BCUT2D eigenvalue weighted by Gasteiger charge is -1.95. The van der Waals surface area contributed by atoms with Gasteiger partial charge in [-0.05, 0) is 18.6 Å². The van der Waals surface area contributed by atoms with Crippen molar-refractivity contribution in [2.24, 2.45) is 0 Å². The summed E-state index contributed by atoms with van der Waals surface area (Å²) in [7, 11) is 1.68. The summed E-state index contributed by atoms with van der Waals surface area (Å²) in [5.74, 6) is 0.944. The van der Waals surface area contributed by atoms with Gasteiger partial charge in [0.15, 0.2) is 0 Å². The van der Waals surface area contributed by atoms with Gasteiger partial charge in [-0.25, -0.2) is 0 Å². The van der Waals surface area contributed by atoms with Crippen molar-refractivity contribution in [2.75, 3.05) is 20.3 Å². The van der Waals surface area contributed by atoms with Crippen LogP contribution in [-0.2, 0) is 9.47 Å². The minimum atomic E-state index is 0.819. The summed E-state index contributed by atoms with van der Waals surface area (Å²) < 4.78 is 9.84. The van der Waals surface area contributed by atoms with Gasteiger partial charge in [0.05, 0.1) is 20.3 Å². The fraction of sp³-hybridized carbons (Fsp3) is 0.429. The van der Waals surface area contributed by atoms with Gasteiger partial charge in [-0.2, -0.15) is 0 Å². The minimum absolute atomic E-state index is 0.819. The fourth-order valence-electron chi connectivity index (χ4n) is 1.05. The Labute approximate surface area is 99.0 Å². The van der Waals surface area contributed by atoms with Gasteiger partial charge in [0.1, 0.15) is 5.76 Å². The Morgan fingerprint density at radius 3 is 2.25 bits per heavy atom. The van der Waals surface area contributed by atoms with E-state index in [1.165, 1.54) is 0 Å². The highest BCUT2D eigenvalue weighted by Gasteiger charge is 1.87. The summed E-state index contributed by atoms with van der Waals surface area (Å²) in [4.78, 5) is 0. The fourth-order valence-corrected chi connectivity index (χ4v) is 1.05. The number of hydrogen-bond acceptors (Lipinski definition) is 2. The summed E-state index contributed by atoms with van der Waals surface area (Å²) in [6.07, 6.45) is 15.1. The molecule has 0 saturated heterocycles. The zero-order valence-corrected chi connectivity index (χ0v) is 10.5. The molecule has 0 fully saturated rings. The van der Waals surface area contributed by atoms with Crippen LogP contribution < -0.4 is 0 Å². The second kappa shape index (κ2) is 11.8. The Morgan fingerprint density at radius 2 is 1.75 bits per heavy atom. The molecule has 2 heteroatoms. The maximum Gasteiger partial charge on any atom is 0.115 e. The monoisotopic (exact) mass is 222 g/mol. The molecule has 90 valence electrons. The standard InChI is InChI=1S/C8H10O.C4H6O.C2H6/c1-9-8-6-4-2-3-5-7-8;1-2-4-5-3-1;1-2/h2-4,6-7H,5H2,1H3;1-2H,3-4H2;1-2H3. The predicted octanol–water partition coefficient (Wildman–Crippen LogP) is 3.63. The van der Waals surface area contributed by atoms with Crippen LogP contribution in [0, 0.1) is 0 Å². The molecule has 1 heterocycles. The Bertz CT molecular complexity index is 254. The Kier molecular flexibility index (Phi) is 10.8. The highest BCUT2D eigenvalue weighted by atomic mass is 16.5. The van der Waals surface area contributed by atoms with Gasteiger partial charge in [0.2, 0.25) is 0 Å². The largest absolute Gasteiger partial charge is 0.497 e. The molecule has 1 aliphatic carbocycles. The highest BCUT2D eigenvalue weighted by Crippen LogP contribution is 2.03. The lowest BCUT2D eigenvalue weighted by Crippen LogP contribution is -1.78. The van der Waals surface area contributed by atoms with Crippen molar-refractivity contribution in [1.29, 1.82) is 0 Å². The van der Waals surface area contributed by atoms with Crippen molar-refractivity contribution in [3.63, 3.8) is 0 Å². The number of allylic oxidation sites excluding steroid dienone is 5. The van der Waals surface area contributed by atoms with E-state index >= 15 is 0 Å². The van der Waals surface area contributed by atoms with E-state index in [0.717, 1.165) is 25.4 Å². The maximum atomic E-state index is 5.01. The Morgan fingerprint density at radius 1 is 1.06 bits per heavy atom. The van der Waals surface area contributed by atoms with E-state index in [0.29, 0.717) is 0 Å². The molecular weight excluding hydrogens is 200 g/mol. The quantitative estimate of drug-likeness (QED) is 0.631. The minimum Gasteiger partial charge on any atom is -0.497 e. The average Bonchev–Trinajstić information content (AvgIpc) is 2.82. The van der Waals surface area contributed by atoms with Crippen LogP contribution in [0.25, 0.3) is 0 Å². The normalized spacial score (nSPS) is 16.3. The van der Waals surface area contributed by atoms with Gasteiger partial charge in [0, 0.05) is 0 Å². The SMILES string of the molecule is C1=CCOC1.CC.COC1=CCC=CC=C1. The van der Waals surface area contributed by atoms with Crippen LogP contribution in [0.15, 0.2) is 48.3 Å². The first-order chi connectivity index (χ1) is 7.93. The van der Waals surface area contributed by atoms with Crippen molar-refractivity contribution in [3.8, 4) is 0 Å². The van der Waals surface area contributed by atoms with Gasteiger partial charge < -0.3 is 9.47 Å². The van der Waals surface area contributed by atoms with Crippen LogP contribution in [0.2, 0.25) is 0 Å². The lowest BCUT2D eigenvalue weighted by atomic mass is 10.4. The van der Waals surface area contributed by atoms with Crippen molar-refractivity contribution in [1.82, 2.24) is 0 Å². The molecule has 0 radical (unpaired) electrons. The molecule has 0 N–H and O–H groups in total. The van der Waals surface area contributed by atoms with E-state index < -0.39 is 0 Å². The predicted molar refractivity (Wildman–Crippen MR) is 69.3 cm³/mol. The van der Waals surface area contributed by atoms with E-state index in [1.807, 2.05) is 50.3 Å². The van der Waals surface area contributed by atoms with Gasteiger partial charge in [-0.1, -0.05) is 44.2 Å². The molecule has 2 rings (SSSR count). The van der Waals surface area contributed by atoms with Crippen LogP contribution in [0.4, 0.5) is 0 Å². The Hall–Kier alpha value is -1.28. The molecule has 0 amide bonds. The van der Waals surface area contributed by atoms with Gasteiger partial charge in [0.25, 0.3) is 0 Å². The van der Waals surface area contributed by atoms with Gasteiger partial charge >= 0.3 is 0 Å². The first-order valence-electron chi connectivity index (χ1n) is 5.73. The molecule has 2 nitrogen and oxygen atoms in total. The molecule has 0 aromatic rings. The van der Waals surface area contributed by atoms with E-state index in [2.05, 4.69) is 6.08 Å². The summed E-state index contributed by atoms with van der Waals surface area (Å²) in [6, 6.07) is 0. The van der Waals surface area contributed by atoms with Crippen molar-refractivity contribution >= 4 is 0 Å². The molecule has 0 aromatic carbocycles. The molecule has 2 aliphatic rings. The number of rotatable bonds is 1. The molecule has 0 saturated carbocycles. The van der Waals surface area contributed by atoms with Crippen molar-refractivity contribution in [2.45, 2.75) is 20.3 Å². The first-order valence-corrected chi connectivity index (χ1v) is 5.73. The van der Waals surface area contributed by atoms with Crippen LogP contribution in [0.3, 0.4) is 0 Å². The molecule has 0 bridgehead atoms. The van der Waals surface area contributed by atoms with Crippen LogP contribution in [0.1, 0.15) is 20.3 Å². The summed E-state index contributed by atoms with van der Waals surface area (Å²) in [5.41, 5.74) is 0. The van der Waals surface area contributed by atoms with Crippen LogP contribution >= 0.6 is 0 Å². The summed E-state index contributed by atoms with van der Waals surface area (Å²) >= 11 is 0. The zero-order chi connectivity index (χ0) is 12.1. The lowest BCUT2D eigenvalue weighted by molar-refractivity contribution is 0.213. The van der Waals surface area contributed by atoms with Crippen LogP contribution in [0.5, 0.6) is 0 Å². The van der Waals surface area contributed by atoms with Gasteiger partial charge in [-0.15, -0.1) is 0 Å². The summed E-state index contributed by atoms with van der Waals surface area (Å²) in [6.45, 7) is 5.64. The first kappa shape index (κ1) is 14.7. The van der Waals surface area contributed by atoms with Crippen molar-refractivity contribution in [3.05, 3.63) is 48.3 Å². The van der Waals surface area contributed by atoms with Gasteiger partial charge in [-0.3, -0.25) is 0 Å².